The van der Waals surface area contributed by atoms with Crippen molar-refractivity contribution in [2.24, 2.45) is 0 Å². The lowest BCUT2D eigenvalue weighted by Gasteiger charge is -2.24. The van der Waals surface area contributed by atoms with E-state index in [1.165, 1.54) is 0 Å². The van der Waals surface area contributed by atoms with Crippen LogP contribution in [-0.2, 0) is 9.53 Å². The van der Waals surface area contributed by atoms with Gasteiger partial charge in [-0.1, -0.05) is 0 Å². The maximum atomic E-state index is 11.7. The zero-order valence-electron chi connectivity index (χ0n) is 11.1. The number of aliphatic hydroxyl groups is 1. The lowest BCUT2D eigenvalue weighted by Crippen LogP contribution is -2.46. The van der Waals surface area contributed by atoms with Crippen molar-refractivity contribution in [3.8, 4) is 0 Å². The Kier molecular flexibility index (Phi) is 7.65. The maximum absolute atomic E-state index is 11.7. The lowest BCUT2D eigenvalue weighted by atomic mass is 10.1. The summed E-state index contributed by atoms with van der Waals surface area (Å²) in [4.78, 5) is 11.7. The van der Waals surface area contributed by atoms with Gasteiger partial charge in [0.15, 0.2) is 0 Å². The summed E-state index contributed by atoms with van der Waals surface area (Å²) in [7, 11) is 0. The summed E-state index contributed by atoms with van der Waals surface area (Å²) in [5.41, 5.74) is 0. The zero-order valence-corrected chi connectivity index (χ0v) is 12.0. The van der Waals surface area contributed by atoms with Gasteiger partial charge in [-0.3, -0.25) is 4.79 Å². The van der Waals surface area contributed by atoms with Gasteiger partial charge in [0, 0.05) is 30.5 Å². The van der Waals surface area contributed by atoms with Gasteiger partial charge in [0.25, 0.3) is 0 Å². The average molecular weight is 276 g/mol. The first-order valence-electron chi connectivity index (χ1n) is 6.41. The van der Waals surface area contributed by atoms with E-state index in [4.69, 9.17) is 9.84 Å². The minimum atomic E-state index is 0.0199. The van der Waals surface area contributed by atoms with Gasteiger partial charge in [0.1, 0.15) is 0 Å². The number of ether oxygens (including phenoxy) is 1. The molecule has 5 nitrogen and oxygen atoms in total. The first-order chi connectivity index (χ1) is 8.67. The smallest absolute Gasteiger partial charge is 0.234 e. The Morgan fingerprint density at radius 1 is 1.50 bits per heavy atom. The Hall–Kier alpha value is -0.300. The summed E-state index contributed by atoms with van der Waals surface area (Å²) in [6.45, 7) is 3.87. The fourth-order valence-corrected chi connectivity index (χ4v) is 2.60. The molecule has 1 heterocycles. The number of hydrogen-bond donors (Lipinski definition) is 3. The van der Waals surface area contributed by atoms with Crippen LogP contribution in [0.25, 0.3) is 0 Å². The van der Waals surface area contributed by atoms with Gasteiger partial charge in [-0.05, 0) is 26.0 Å². The second kappa shape index (κ2) is 8.74. The number of amides is 1. The molecule has 1 aliphatic heterocycles. The van der Waals surface area contributed by atoms with Crippen molar-refractivity contribution in [1.82, 2.24) is 10.6 Å². The normalized spacial score (nSPS) is 20.4. The molecule has 106 valence electrons. The Morgan fingerprint density at radius 3 is 2.72 bits per heavy atom. The highest BCUT2D eigenvalue weighted by Gasteiger charge is 2.18. The molecule has 0 bridgehead atoms. The number of nitrogens with one attached hydrogen (secondary N) is 2. The summed E-state index contributed by atoms with van der Waals surface area (Å²) < 4.78 is 5.24. The highest BCUT2D eigenvalue weighted by molar-refractivity contribution is 7.99. The summed E-state index contributed by atoms with van der Waals surface area (Å²) >= 11 is 1.60. The predicted molar refractivity (Wildman–Crippen MR) is 73.8 cm³/mol. The number of aliphatic hydroxyl groups excluding tert-OH is 1. The molecule has 0 aromatic rings. The Bertz CT molecular complexity index is 243. The first-order valence-corrected chi connectivity index (χ1v) is 7.70. The molecule has 2 atom stereocenters. The van der Waals surface area contributed by atoms with Crippen LogP contribution in [0.4, 0.5) is 0 Å². The van der Waals surface area contributed by atoms with Gasteiger partial charge in [-0.15, -0.1) is 0 Å². The van der Waals surface area contributed by atoms with E-state index in [-0.39, 0.29) is 29.8 Å². The molecule has 0 aromatic heterocycles. The number of hydrogen-bond acceptors (Lipinski definition) is 5. The molecule has 1 saturated heterocycles. The molecule has 0 radical (unpaired) electrons. The van der Waals surface area contributed by atoms with E-state index in [9.17, 15) is 4.79 Å². The van der Waals surface area contributed by atoms with E-state index in [0.717, 1.165) is 26.1 Å². The van der Waals surface area contributed by atoms with Crippen LogP contribution >= 0.6 is 11.8 Å². The molecule has 6 heteroatoms. The van der Waals surface area contributed by atoms with Crippen LogP contribution in [0.1, 0.15) is 19.8 Å². The van der Waals surface area contributed by atoms with Crippen LogP contribution in [0.3, 0.4) is 0 Å². The standard InChI is InChI=1S/C12H24N2O3S/c1-9(11(8-15)18-2)13-7-12(16)14-10-3-5-17-6-4-10/h9-11,13,15H,3-8H2,1-2H3,(H,14,16). The minimum absolute atomic E-state index is 0.0199. The average Bonchev–Trinajstić information content (AvgIpc) is 2.39. The van der Waals surface area contributed by atoms with Crippen molar-refractivity contribution in [3.63, 3.8) is 0 Å². The highest BCUT2D eigenvalue weighted by atomic mass is 32.2. The molecule has 0 saturated carbocycles. The molecule has 1 rings (SSSR count). The SMILES string of the molecule is CSC(CO)C(C)NCC(=O)NC1CCOCC1. The minimum Gasteiger partial charge on any atom is -0.395 e. The lowest BCUT2D eigenvalue weighted by molar-refractivity contribution is -0.121. The molecule has 0 aromatic carbocycles. The van der Waals surface area contributed by atoms with Crippen molar-refractivity contribution in [2.45, 2.75) is 37.1 Å². The zero-order chi connectivity index (χ0) is 13.4. The van der Waals surface area contributed by atoms with Crippen molar-refractivity contribution >= 4 is 17.7 Å². The summed E-state index contributed by atoms with van der Waals surface area (Å²) in [5, 5.41) is 15.4. The number of carbonyl (C=O) groups excluding carboxylic acids is 1. The van der Waals surface area contributed by atoms with Crippen LogP contribution in [0.2, 0.25) is 0 Å². The summed E-state index contributed by atoms with van der Waals surface area (Å²) in [6.07, 6.45) is 3.75. The van der Waals surface area contributed by atoms with E-state index in [1.54, 1.807) is 11.8 Å². The molecule has 3 N–H and O–H groups in total. The molecule has 1 fully saturated rings. The third-order valence-electron chi connectivity index (χ3n) is 3.21. The fraction of sp³-hybridized carbons (Fsp3) is 0.917. The molecule has 2 unspecified atom stereocenters. The van der Waals surface area contributed by atoms with Crippen molar-refractivity contribution in [2.75, 3.05) is 32.6 Å². The van der Waals surface area contributed by atoms with Gasteiger partial charge in [0.05, 0.1) is 13.2 Å². The van der Waals surface area contributed by atoms with Crippen molar-refractivity contribution < 1.29 is 14.6 Å². The fourth-order valence-electron chi connectivity index (χ4n) is 1.94. The quantitative estimate of drug-likeness (QED) is 0.610. The van der Waals surface area contributed by atoms with E-state index >= 15 is 0 Å². The second-order valence-electron chi connectivity index (χ2n) is 4.58. The molecule has 1 aliphatic rings. The van der Waals surface area contributed by atoms with Crippen LogP contribution in [-0.4, -0.2) is 61.0 Å². The Labute approximate surface area is 113 Å². The summed E-state index contributed by atoms with van der Waals surface area (Å²) in [6, 6.07) is 0.364. The number of thioether (sulfide) groups is 1. The molecular formula is C12H24N2O3S. The van der Waals surface area contributed by atoms with E-state index < -0.39 is 0 Å². The molecule has 0 spiro atoms. The third-order valence-corrected chi connectivity index (χ3v) is 4.37. The van der Waals surface area contributed by atoms with E-state index in [1.807, 2.05) is 13.2 Å². The monoisotopic (exact) mass is 276 g/mol. The van der Waals surface area contributed by atoms with Crippen molar-refractivity contribution in [3.05, 3.63) is 0 Å². The number of rotatable bonds is 7. The van der Waals surface area contributed by atoms with Crippen molar-refractivity contribution in [1.29, 1.82) is 0 Å². The molecular weight excluding hydrogens is 252 g/mol. The third kappa shape index (κ3) is 5.56. The van der Waals surface area contributed by atoms with Gasteiger partial charge >= 0.3 is 0 Å². The second-order valence-corrected chi connectivity index (χ2v) is 5.66. The maximum Gasteiger partial charge on any atom is 0.234 e. The Balaban J connectivity index is 2.19. The van der Waals surface area contributed by atoms with E-state index in [2.05, 4.69) is 10.6 Å². The number of carbonyl (C=O) groups is 1. The van der Waals surface area contributed by atoms with Crippen LogP contribution < -0.4 is 10.6 Å². The molecule has 0 aliphatic carbocycles. The highest BCUT2D eigenvalue weighted by Crippen LogP contribution is 2.10. The van der Waals surface area contributed by atoms with Crippen LogP contribution in [0.5, 0.6) is 0 Å². The first kappa shape index (κ1) is 15.8. The predicted octanol–water partition coefficient (Wildman–Crippen LogP) is -0.0164. The van der Waals surface area contributed by atoms with E-state index in [0.29, 0.717) is 6.54 Å². The Morgan fingerprint density at radius 2 is 2.17 bits per heavy atom. The molecule has 1 amide bonds. The van der Waals surface area contributed by atoms with Gasteiger partial charge in [0.2, 0.25) is 5.91 Å². The topological polar surface area (TPSA) is 70.6 Å². The van der Waals surface area contributed by atoms with Crippen LogP contribution in [0, 0.1) is 0 Å². The van der Waals surface area contributed by atoms with Gasteiger partial charge in [-0.25, -0.2) is 0 Å². The summed E-state index contributed by atoms with van der Waals surface area (Å²) in [5.74, 6) is 0.0199. The van der Waals surface area contributed by atoms with Gasteiger partial charge < -0.3 is 20.5 Å². The largest absolute Gasteiger partial charge is 0.395 e. The van der Waals surface area contributed by atoms with Gasteiger partial charge in [-0.2, -0.15) is 11.8 Å². The van der Waals surface area contributed by atoms with Crippen LogP contribution in [0.15, 0.2) is 0 Å². The molecule has 18 heavy (non-hydrogen) atoms.